The van der Waals surface area contributed by atoms with Gasteiger partial charge in [-0.2, -0.15) is 0 Å². The molecule has 0 radical (unpaired) electrons. The number of hydrogen-bond acceptors (Lipinski definition) is 7. The first-order chi connectivity index (χ1) is 13.9. The quantitative estimate of drug-likeness (QED) is 0.236. The number of carbonyl (C=O) groups is 5. The summed E-state index contributed by atoms with van der Waals surface area (Å²) >= 11 is 11.3. The average Bonchev–Trinajstić information content (AvgIpc) is 2.60. The van der Waals surface area contributed by atoms with E-state index >= 15 is 0 Å². The van der Waals surface area contributed by atoms with E-state index in [9.17, 15) is 24.0 Å². The van der Waals surface area contributed by atoms with Crippen LogP contribution in [0.3, 0.4) is 0 Å². The number of halogens is 4. The molecule has 1 aromatic carbocycles. The highest BCUT2D eigenvalue weighted by Crippen LogP contribution is 2.36. The third-order valence-corrected chi connectivity index (χ3v) is 6.76. The molecule has 1 aromatic rings. The molecule has 0 aliphatic heterocycles. The second-order valence-electron chi connectivity index (χ2n) is 5.77. The van der Waals surface area contributed by atoms with Gasteiger partial charge < -0.3 is 20.1 Å². The monoisotopic (exact) mass is 776 g/mol. The number of amides is 2. The van der Waals surface area contributed by atoms with Crippen LogP contribution in [0.4, 0.5) is 5.69 Å². The van der Waals surface area contributed by atoms with Crippen molar-refractivity contribution in [2.75, 3.05) is 18.5 Å². The Hall–Kier alpha value is -0.750. The van der Waals surface area contributed by atoms with E-state index in [4.69, 9.17) is 21.1 Å². The topological polar surface area (TPSA) is 128 Å². The van der Waals surface area contributed by atoms with E-state index in [1.807, 2.05) is 67.8 Å². The molecule has 0 aliphatic carbocycles. The molecule has 2 N–H and O–H groups in total. The van der Waals surface area contributed by atoms with Crippen LogP contribution in [0.2, 0.25) is 0 Å². The Labute approximate surface area is 218 Å². The smallest absolute Gasteiger partial charge is 0.303 e. The largest absolute Gasteiger partial charge is 0.462 e. The molecule has 0 saturated carbocycles. The number of hydrogen-bond donors (Lipinski definition) is 2. The van der Waals surface area contributed by atoms with Gasteiger partial charge in [0.2, 0.25) is 5.91 Å². The first-order valence-corrected chi connectivity index (χ1v) is 11.7. The zero-order chi connectivity index (χ0) is 23.2. The van der Waals surface area contributed by atoms with Crippen molar-refractivity contribution in [3.8, 4) is 0 Å². The third-order valence-electron chi connectivity index (χ3n) is 3.34. The van der Waals surface area contributed by atoms with E-state index in [1.165, 1.54) is 20.8 Å². The van der Waals surface area contributed by atoms with Crippen molar-refractivity contribution in [1.82, 2.24) is 5.32 Å². The fraction of sp³-hybridized carbons (Fsp3) is 0.353. The van der Waals surface area contributed by atoms with Crippen LogP contribution < -0.4 is 10.6 Å². The van der Waals surface area contributed by atoms with Crippen LogP contribution in [-0.2, 0) is 23.9 Å². The van der Waals surface area contributed by atoms with E-state index in [0.717, 1.165) is 0 Å². The van der Waals surface area contributed by atoms with Gasteiger partial charge in [0.1, 0.15) is 6.61 Å². The molecular formula is C17H16ClI3N2O7. The number of anilines is 1. The van der Waals surface area contributed by atoms with Gasteiger partial charge in [-0.15, -0.1) is 0 Å². The number of rotatable bonds is 8. The minimum atomic E-state index is -0.904. The minimum Gasteiger partial charge on any atom is -0.462 e. The second kappa shape index (κ2) is 12.3. The van der Waals surface area contributed by atoms with E-state index < -0.39 is 29.2 Å². The summed E-state index contributed by atoms with van der Waals surface area (Å²) in [6, 6.07) is 0. The summed E-state index contributed by atoms with van der Waals surface area (Å²) in [7, 11) is 0. The van der Waals surface area contributed by atoms with Crippen molar-refractivity contribution in [3.05, 3.63) is 21.8 Å². The summed E-state index contributed by atoms with van der Waals surface area (Å²) in [5, 5.41) is 4.41. The summed E-state index contributed by atoms with van der Waals surface area (Å²) in [6.45, 7) is 3.30. The number of nitrogens with one attached hydrogen (secondary N) is 2. The van der Waals surface area contributed by atoms with Gasteiger partial charge in [0.05, 0.1) is 30.5 Å². The molecule has 9 nitrogen and oxygen atoms in total. The third kappa shape index (κ3) is 7.74. The van der Waals surface area contributed by atoms with Gasteiger partial charge in [-0.3, -0.25) is 24.0 Å². The average molecular weight is 776 g/mol. The number of esters is 2. The molecule has 0 saturated heterocycles. The Morgan fingerprint density at radius 1 is 0.933 bits per heavy atom. The van der Waals surface area contributed by atoms with Crippen molar-refractivity contribution in [1.29, 1.82) is 0 Å². The number of benzene rings is 1. The maximum atomic E-state index is 12.9. The molecule has 2 amide bonds. The van der Waals surface area contributed by atoms with Crippen molar-refractivity contribution in [3.63, 3.8) is 0 Å². The maximum absolute atomic E-state index is 12.9. The predicted molar refractivity (Wildman–Crippen MR) is 134 cm³/mol. The highest BCUT2D eigenvalue weighted by atomic mass is 127. The van der Waals surface area contributed by atoms with Crippen molar-refractivity contribution in [2.24, 2.45) is 0 Å². The SMILES string of the molecule is CC(=O)Nc1c(I)c(C(=O)Cl)c(I)c(C(=O)NCC(COC(C)=O)OC(C)=O)c1I. The molecule has 1 atom stereocenters. The van der Waals surface area contributed by atoms with Crippen LogP contribution >= 0.6 is 79.4 Å². The summed E-state index contributed by atoms with van der Waals surface area (Å²) in [6.07, 6.45) is -0.904. The molecule has 13 heteroatoms. The highest BCUT2D eigenvalue weighted by molar-refractivity contribution is 14.1. The van der Waals surface area contributed by atoms with Gasteiger partial charge in [-0.1, -0.05) is 0 Å². The van der Waals surface area contributed by atoms with Gasteiger partial charge in [-0.25, -0.2) is 0 Å². The minimum absolute atomic E-state index is 0.0867. The summed E-state index contributed by atoms with van der Waals surface area (Å²) in [5.41, 5.74) is 0.497. The standard InChI is InChI=1S/C17H16ClI3N2O7/c1-6(24)23-15-13(20)10(16(18)27)12(19)11(14(15)21)17(28)22-4-9(30-8(3)26)5-29-7(2)25/h9H,4-5H2,1-3H3,(H,22,28)(H,23,24). The first-order valence-electron chi connectivity index (χ1n) is 8.13. The molecule has 0 fully saturated rings. The lowest BCUT2D eigenvalue weighted by molar-refractivity contribution is -0.155. The Balaban J connectivity index is 3.28. The van der Waals surface area contributed by atoms with Crippen molar-refractivity contribution < 1.29 is 33.4 Å². The number of carbonyl (C=O) groups excluding carboxylic acids is 5. The first kappa shape index (κ1) is 27.3. The molecule has 0 aromatic heterocycles. The summed E-state index contributed by atoms with van der Waals surface area (Å²) in [5.74, 6) is -2.15. The summed E-state index contributed by atoms with van der Waals surface area (Å²) < 4.78 is 11.0. The Kier molecular flexibility index (Phi) is 11.2. The van der Waals surface area contributed by atoms with Gasteiger partial charge in [0, 0.05) is 24.3 Å². The van der Waals surface area contributed by atoms with Crippen LogP contribution in [-0.4, -0.2) is 48.3 Å². The fourth-order valence-electron chi connectivity index (χ4n) is 2.20. The molecule has 1 rings (SSSR count). The van der Waals surface area contributed by atoms with Crippen LogP contribution in [0.25, 0.3) is 0 Å². The van der Waals surface area contributed by atoms with Crippen molar-refractivity contribution >= 4 is 114 Å². The van der Waals surface area contributed by atoms with Crippen LogP contribution in [0.1, 0.15) is 41.5 Å². The van der Waals surface area contributed by atoms with Crippen LogP contribution in [0.5, 0.6) is 0 Å². The summed E-state index contributed by atoms with van der Waals surface area (Å²) in [4.78, 5) is 58.7. The lowest BCUT2D eigenvalue weighted by atomic mass is 10.1. The molecular weight excluding hydrogens is 760 g/mol. The lowest BCUT2D eigenvalue weighted by Crippen LogP contribution is -2.38. The molecule has 0 bridgehead atoms. The van der Waals surface area contributed by atoms with E-state index in [2.05, 4.69) is 10.6 Å². The molecule has 164 valence electrons. The van der Waals surface area contributed by atoms with Crippen molar-refractivity contribution in [2.45, 2.75) is 26.9 Å². The molecule has 1 unspecified atom stereocenters. The zero-order valence-corrected chi connectivity index (χ0v) is 23.1. The van der Waals surface area contributed by atoms with Gasteiger partial charge in [0.15, 0.2) is 6.10 Å². The fourth-order valence-corrected chi connectivity index (χ4v) is 7.12. The van der Waals surface area contributed by atoms with E-state index in [0.29, 0.717) is 10.7 Å². The molecule has 0 heterocycles. The lowest BCUT2D eigenvalue weighted by Gasteiger charge is -2.20. The Bertz CT molecular complexity index is 908. The van der Waals surface area contributed by atoms with Crippen LogP contribution in [0, 0.1) is 10.7 Å². The predicted octanol–water partition coefficient (Wildman–Crippen LogP) is 3.06. The van der Waals surface area contributed by atoms with Gasteiger partial charge in [0.25, 0.3) is 11.1 Å². The number of ether oxygens (including phenoxy) is 2. The Morgan fingerprint density at radius 2 is 1.50 bits per heavy atom. The van der Waals surface area contributed by atoms with Gasteiger partial charge >= 0.3 is 11.9 Å². The molecule has 30 heavy (non-hydrogen) atoms. The van der Waals surface area contributed by atoms with Crippen LogP contribution in [0.15, 0.2) is 0 Å². The second-order valence-corrected chi connectivity index (χ2v) is 9.35. The molecule has 0 aliphatic rings. The Morgan fingerprint density at radius 3 is 1.97 bits per heavy atom. The molecule has 0 spiro atoms. The van der Waals surface area contributed by atoms with Gasteiger partial charge in [-0.05, 0) is 79.4 Å². The zero-order valence-electron chi connectivity index (χ0n) is 15.9. The van der Waals surface area contributed by atoms with E-state index in [1.54, 1.807) is 0 Å². The normalized spacial score (nSPS) is 11.3. The van der Waals surface area contributed by atoms with E-state index in [-0.39, 0.29) is 35.9 Å². The highest BCUT2D eigenvalue weighted by Gasteiger charge is 2.28. The maximum Gasteiger partial charge on any atom is 0.303 e.